The monoisotopic (exact) mass is 456 g/mol. The summed E-state index contributed by atoms with van der Waals surface area (Å²) in [6, 6.07) is 7.21. The summed E-state index contributed by atoms with van der Waals surface area (Å²) in [6.45, 7) is 5.22. The number of para-hydroxylation sites is 2. The Kier molecular flexibility index (Phi) is 6.35. The zero-order valence-corrected chi connectivity index (χ0v) is 18.0. The van der Waals surface area contributed by atoms with Crippen molar-refractivity contribution < 1.29 is 14.5 Å². The number of rotatable bonds is 6. The lowest BCUT2D eigenvalue weighted by Crippen LogP contribution is -2.35. The van der Waals surface area contributed by atoms with E-state index in [4.69, 9.17) is 4.74 Å². The standard InChI is InChI=1S/C20H20N6O5S/c1-13-10-17(27)18(23-25(13)15-4-2-3-5-16(15)26(29)30)19(28)22-20-21-14(12-32-20)11-24-6-8-31-9-7-24/h2-5,10,12H,6-9,11H2,1H3,(H,21,22,28). The predicted molar refractivity (Wildman–Crippen MR) is 117 cm³/mol. The molecule has 0 atom stereocenters. The number of nitro benzene ring substituents is 1. The second-order valence-corrected chi connectivity index (χ2v) is 8.00. The molecule has 32 heavy (non-hydrogen) atoms. The van der Waals surface area contributed by atoms with E-state index in [0.29, 0.717) is 30.6 Å². The highest BCUT2D eigenvalue weighted by molar-refractivity contribution is 7.13. The lowest BCUT2D eigenvalue weighted by molar-refractivity contribution is -0.384. The minimum Gasteiger partial charge on any atom is -0.379 e. The Hall–Kier alpha value is -3.48. The van der Waals surface area contributed by atoms with E-state index in [2.05, 4.69) is 20.3 Å². The van der Waals surface area contributed by atoms with Gasteiger partial charge < -0.3 is 4.74 Å². The average Bonchev–Trinajstić information content (AvgIpc) is 3.21. The molecule has 0 aliphatic carbocycles. The van der Waals surface area contributed by atoms with Gasteiger partial charge in [-0.3, -0.25) is 29.9 Å². The first-order valence-electron chi connectivity index (χ1n) is 9.83. The van der Waals surface area contributed by atoms with Gasteiger partial charge >= 0.3 is 0 Å². The number of hydrogen-bond acceptors (Lipinski definition) is 9. The van der Waals surface area contributed by atoms with Crippen molar-refractivity contribution in [3.05, 3.63) is 73.1 Å². The van der Waals surface area contributed by atoms with Crippen LogP contribution < -0.4 is 10.7 Å². The summed E-state index contributed by atoms with van der Waals surface area (Å²) in [7, 11) is 0. The topological polar surface area (TPSA) is 132 Å². The summed E-state index contributed by atoms with van der Waals surface area (Å²) in [5, 5.41) is 20.3. The fourth-order valence-electron chi connectivity index (χ4n) is 3.33. The molecular weight excluding hydrogens is 436 g/mol. The molecule has 166 valence electrons. The van der Waals surface area contributed by atoms with Crippen LogP contribution in [0.5, 0.6) is 0 Å². The molecule has 1 aromatic carbocycles. The van der Waals surface area contributed by atoms with Gasteiger partial charge in [0.25, 0.3) is 11.6 Å². The third kappa shape index (κ3) is 4.72. The van der Waals surface area contributed by atoms with Crippen molar-refractivity contribution in [2.24, 2.45) is 0 Å². The predicted octanol–water partition coefficient (Wildman–Crippen LogP) is 1.99. The van der Waals surface area contributed by atoms with E-state index in [1.165, 1.54) is 40.3 Å². The van der Waals surface area contributed by atoms with Gasteiger partial charge in [-0.05, 0) is 13.0 Å². The molecule has 3 heterocycles. The Bertz CT molecular complexity index is 1220. The maximum atomic E-state index is 12.8. The van der Waals surface area contributed by atoms with Crippen LogP contribution >= 0.6 is 11.3 Å². The first-order valence-corrected chi connectivity index (χ1v) is 10.7. The maximum Gasteiger partial charge on any atom is 0.294 e. The molecule has 0 unspecified atom stereocenters. The number of carbonyl (C=O) groups excluding carboxylic acids is 1. The highest BCUT2D eigenvalue weighted by Gasteiger charge is 2.21. The van der Waals surface area contributed by atoms with Crippen LogP contribution in [-0.2, 0) is 11.3 Å². The Labute approximate surface area is 186 Å². The Morgan fingerprint density at radius 2 is 2.06 bits per heavy atom. The molecular formula is C20H20N6O5S. The van der Waals surface area contributed by atoms with Crippen LogP contribution in [-0.4, -0.2) is 56.8 Å². The number of thiazole rings is 1. The molecule has 1 aliphatic heterocycles. The molecule has 11 nitrogen and oxygen atoms in total. The number of ether oxygens (including phenoxy) is 1. The van der Waals surface area contributed by atoms with E-state index in [9.17, 15) is 19.7 Å². The van der Waals surface area contributed by atoms with Crippen molar-refractivity contribution in [1.29, 1.82) is 0 Å². The average molecular weight is 456 g/mol. The Balaban J connectivity index is 1.57. The van der Waals surface area contributed by atoms with Crippen molar-refractivity contribution in [2.75, 3.05) is 31.6 Å². The molecule has 3 aromatic rings. The van der Waals surface area contributed by atoms with Crippen molar-refractivity contribution in [2.45, 2.75) is 13.5 Å². The number of nitrogens with zero attached hydrogens (tertiary/aromatic N) is 5. The van der Waals surface area contributed by atoms with Gasteiger partial charge in [-0.15, -0.1) is 11.3 Å². The van der Waals surface area contributed by atoms with Crippen molar-refractivity contribution in [1.82, 2.24) is 19.7 Å². The maximum absolute atomic E-state index is 12.8. The highest BCUT2D eigenvalue weighted by atomic mass is 32.1. The number of morpholine rings is 1. The summed E-state index contributed by atoms with van der Waals surface area (Å²) >= 11 is 1.25. The molecule has 4 rings (SSSR count). The number of nitrogens with one attached hydrogen (secondary N) is 1. The largest absolute Gasteiger partial charge is 0.379 e. The summed E-state index contributed by atoms with van der Waals surface area (Å²) in [6.07, 6.45) is 0. The molecule has 2 aromatic heterocycles. The number of carbonyl (C=O) groups is 1. The number of hydrogen-bond donors (Lipinski definition) is 1. The lowest BCUT2D eigenvalue weighted by Gasteiger charge is -2.25. The minimum absolute atomic E-state index is 0.158. The molecule has 0 bridgehead atoms. The van der Waals surface area contributed by atoms with Gasteiger partial charge in [0.05, 0.1) is 23.8 Å². The molecule has 1 aliphatic rings. The quantitative estimate of drug-likeness (QED) is 0.440. The summed E-state index contributed by atoms with van der Waals surface area (Å²) in [4.78, 5) is 42.7. The lowest BCUT2D eigenvalue weighted by atomic mass is 10.2. The molecule has 0 saturated carbocycles. The number of amides is 1. The van der Waals surface area contributed by atoms with Crippen molar-refractivity contribution >= 4 is 28.1 Å². The third-order valence-corrected chi connectivity index (χ3v) is 5.70. The van der Waals surface area contributed by atoms with E-state index < -0.39 is 16.3 Å². The summed E-state index contributed by atoms with van der Waals surface area (Å²) in [5.74, 6) is -0.727. The molecule has 0 spiro atoms. The highest BCUT2D eigenvalue weighted by Crippen LogP contribution is 2.22. The number of nitro groups is 1. The van der Waals surface area contributed by atoms with Gasteiger partial charge in [0.2, 0.25) is 5.43 Å². The molecule has 1 fully saturated rings. The van der Waals surface area contributed by atoms with Crippen LogP contribution in [0.1, 0.15) is 21.9 Å². The van der Waals surface area contributed by atoms with Crippen LogP contribution in [0.15, 0.2) is 40.5 Å². The Morgan fingerprint density at radius 3 is 2.81 bits per heavy atom. The molecule has 0 radical (unpaired) electrons. The Morgan fingerprint density at radius 1 is 1.31 bits per heavy atom. The second-order valence-electron chi connectivity index (χ2n) is 7.14. The normalized spacial score (nSPS) is 14.3. The van der Waals surface area contributed by atoms with Gasteiger partial charge in [-0.2, -0.15) is 5.10 Å². The first kappa shape index (κ1) is 21.7. The van der Waals surface area contributed by atoms with E-state index >= 15 is 0 Å². The third-order valence-electron chi connectivity index (χ3n) is 4.89. The number of aromatic nitrogens is 3. The van der Waals surface area contributed by atoms with Gasteiger partial charge in [0, 0.05) is 42.8 Å². The van der Waals surface area contributed by atoms with E-state index in [1.807, 2.05) is 5.38 Å². The number of benzene rings is 1. The minimum atomic E-state index is -0.727. The molecule has 1 saturated heterocycles. The van der Waals surface area contributed by atoms with Crippen LogP contribution in [0.4, 0.5) is 10.8 Å². The number of aryl methyl sites for hydroxylation is 1. The van der Waals surface area contributed by atoms with E-state index in [-0.39, 0.29) is 17.1 Å². The second kappa shape index (κ2) is 9.34. The van der Waals surface area contributed by atoms with Crippen LogP contribution in [0.3, 0.4) is 0 Å². The van der Waals surface area contributed by atoms with Gasteiger partial charge in [0.15, 0.2) is 10.8 Å². The van der Waals surface area contributed by atoms with Crippen LogP contribution in [0, 0.1) is 17.0 Å². The van der Waals surface area contributed by atoms with Crippen LogP contribution in [0.2, 0.25) is 0 Å². The SMILES string of the molecule is Cc1cc(=O)c(C(=O)Nc2nc(CN3CCOCC3)cs2)nn1-c1ccccc1[N+](=O)[O-]. The summed E-state index contributed by atoms with van der Waals surface area (Å²) < 4.78 is 6.56. The summed E-state index contributed by atoms with van der Waals surface area (Å²) in [5.41, 5.74) is 0.180. The smallest absolute Gasteiger partial charge is 0.294 e. The molecule has 1 N–H and O–H groups in total. The zero-order valence-electron chi connectivity index (χ0n) is 17.2. The first-order chi connectivity index (χ1) is 15.4. The van der Waals surface area contributed by atoms with Crippen molar-refractivity contribution in [3.8, 4) is 5.69 Å². The molecule has 1 amide bonds. The van der Waals surface area contributed by atoms with Gasteiger partial charge in [-0.1, -0.05) is 12.1 Å². The van der Waals surface area contributed by atoms with Crippen molar-refractivity contribution in [3.63, 3.8) is 0 Å². The molecule has 12 heteroatoms. The van der Waals surface area contributed by atoms with Gasteiger partial charge in [-0.25, -0.2) is 9.67 Å². The number of anilines is 1. The zero-order chi connectivity index (χ0) is 22.7. The fourth-order valence-corrected chi connectivity index (χ4v) is 4.02. The fraction of sp³-hybridized carbons (Fsp3) is 0.300. The van der Waals surface area contributed by atoms with Gasteiger partial charge in [0.1, 0.15) is 5.69 Å². The van der Waals surface area contributed by atoms with E-state index in [0.717, 1.165) is 18.8 Å². The van der Waals surface area contributed by atoms with E-state index in [1.54, 1.807) is 13.0 Å². The van der Waals surface area contributed by atoms with Crippen LogP contribution in [0.25, 0.3) is 5.69 Å².